The van der Waals surface area contributed by atoms with Crippen LogP contribution >= 0.6 is 0 Å². The van der Waals surface area contributed by atoms with E-state index < -0.39 is 0 Å². The zero-order valence-electron chi connectivity index (χ0n) is 16.8. The highest BCUT2D eigenvalue weighted by atomic mass is 16.5. The molecule has 5 heteroatoms. The fraction of sp³-hybridized carbons (Fsp3) is 0.348. The predicted molar refractivity (Wildman–Crippen MR) is 109 cm³/mol. The molecule has 0 radical (unpaired) electrons. The molecular weight excluding hydrogens is 350 g/mol. The van der Waals surface area contributed by atoms with Crippen LogP contribution in [0.4, 0.5) is 0 Å². The molecule has 3 aromatic rings. The van der Waals surface area contributed by atoms with Gasteiger partial charge in [-0.05, 0) is 29.5 Å². The summed E-state index contributed by atoms with van der Waals surface area (Å²) in [4.78, 5) is 18.9. The van der Waals surface area contributed by atoms with E-state index in [4.69, 9.17) is 4.52 Å². The van der Waals surface area contributed by atoms with E-state index in [1.54, 1.807) is 4.90 Å². The molecular formula is C23H27N3O2. The fourth-order valence-electron chi connectivity index (χ4n) is 3.10. The number of amides is 1. The third-order valence-corrected chi connectivity index (χ3v) is 4.74. The van der Waals surface area contributed by atoms with Crippen molar-refractivity contribution in [2.24, 2.45) is 0 Å². The number of aromatic nitrogens is 2. The van der Waals surface area contributed by atoms with Gasteiger partial charge in [-0.15, -0.1) is 0 Å². The van der Waals surface area contributed by atoms with Gasteiger partial charge in [0.2, 0.25) is 11.8 Å². The summed E-state index contributed by atoms with van der Waals surface area (Å²) in [7, 11) is 0. The molecule has 2 aromatic carbocycles. The average Bonchev–Trinajstić information content (AvgIpc) is 3.13. The third-order valence-electron chi connectivity index (χ3n) is 4.74. The minimum atomic E-state index is 0.000471. The lowest BCUT2D eigenvalue weighted by Crippen LogP contribution is -2.31. The van der Waals surface area contributed by atoms with Crippen LogP contribution in [-0.4, -0.2) is 27.5 Å². The lowest BCUT2D eigenvalue weighted by atomic mass is 10.00. The Kier molecular flexibility index (Phi) is 6.58. The molecule has 0 aliphatic carbocycles. The van der Waals surface area contributed by atoms with Crippen molar-refractivity contribution in [2.45, 2.75) is 46.1 Å². The average molecular weight is 377 g/mol. The van der Waals surface area contributed by atoms with E-state index in [1.165, 1.54) is 5.56 Å². The van der Waals surface area contributed by atoms with Gasteiger partial charge in [-0.1, -0.05) is 73.6 Å². The number of carbonyl (C=O) groups is 1. The van der Waals surface area contributed by atoms with E-state index in [9.17, 15) is 4.79 Å². The molecule has 146 valence electrons. The molecule has 1 heterocycles. The summed E-state index contributed by atoms with van der Waals surface area (Å²) in [5, 5.41) is 4.00. The molecule has 1 amide bonds. The van der Waals surface area contributed by atoms with Crippen LogP contribution in [0.3, 0.4) is 0 Å². The van der Waals surface area contributed by atoms with E-state index in [-0.39, 0.29) is 12.3 Å². The summed E-state index contributed by atoms with van der Waals surface area (Å²) < 4.78 is 5.37. The highest BCUT2D eigenvalue weighted by Crippen LogP contribution is 2.17. The van der Waals surface area contributed by atoms with Crippen molar-refractivity contribution in [3.8, 4) is 0 Å². The summed E-state index contributed by atoms with van der Waals surface area (Å²) in [6, 6.07) is 18.4. The number of likely N-dealkylation sites (N-methyl/N-ethyl adjacent to an activating group) is 1. The smallest absolute Gasteiger partial charge is 0.231 e. The number of rotatable bonds is 8. The largest absolute Gasteiger partial charge is 0.339 e. The Labute approximate surface area is 166 Å². The first-order valence-electron chi connectivity index (χ1n) is 9.77. The van der Waals surface area contributed by atoms with Gasteiger partial charge in [0.15, 0.2) is 5.82 Å². The van der Waals surface area contributed by atoms with Gasteiger partial charge >= 0.3 is 0 Å². The first kappa shape index (κ1) is 19.8. The zero-order valence-corrected chi connectivity index (χ0v) is 16.8. The molecule has 5 nitrogen and oxygen atoms in total. The van der Waals surface area contributed by atoms with Crippen LogP contribution in [0.25, 0.3) is 0 Å². The maximum atomic E-state index is 12.6. The molecule has 0 aliphatic heterocycles. The monoisotopic (exact) mass is 377 g/mol. The van der Waals surface area contributed by atoms with Crippen LogP contribution in [0.2, 0.25) is 0 Å². The molecule has 28 heavy (non-hydrogen) atoms. The van der Waals surface area contributed by atoms with Crippen LogP contribution in [0.1, 0.15) is 55.1 Å². The predicted octanol–water partition coefficient (Wildman–Crippen LogP) is 4.38. The van der Waals surface area contributed by atoms with Gasteiger partial charge in [0, 0.05) is 13.1 Å². The molecule has 0 spiro atoms. The number of hydrogen-bond acceptors (Lipinski definition) is 4. The summed E-state index contributed by atoms with van der Waals surface area (Å²) in [6.45, 7) is 7.54. The van der Waals surface area contributed by atoms with Gasteiger partial charge in [-0.25, -0.2) is 0 Å². The SMILES string of the molecule is CCN(Cc1ccccc1)C(=O)Cc1noc(Cc2cccc(C(C)C)c2)n1. The Bertz CT molecular complexity index is 903. The van der Waals surface area contributed by atoms with Gasteiger partial charge in [0.05, 0.1) is 12.8 Å². The number of hydrogen-bond donors (Lipinski definition) is 0. The normalized spacial score (nSPS) is 11.0. The van der Waals surface area contributed by atoms with E-state index >= 15 is 0 Å². The van der Waals surface area contributed by atoms with E-state index in [0.717, 1.165) is 11.1 Å². The lowest BCUT2D eigenvalue weighted by Gasteiger charge is -2.20. The Morgan fingerprint density at radius 3 is 2.54 bits per heavy atom. The van der Waals surface area contributed by atoms with Gasteiger partial charge in [-0.2, -0.15) is 4.98 Å². The first-order valence-corrected chi connectivity index (χ1v) is 9.77. The van der Waals surface area contributed by atoms with E-state index in [0.29, 0.717) is 37.1 Å². The first-order chi connectivity index (χ1) is 13.5. The van der Waals surface area contributed by atoms with Crippen molar-refractivity contribution in [2.75, 3.05) is 6.54 Å². The Hall–Kier alpha value is -2.95. The molecule has 0 saturated carbocycles. The van der Waals surface area contributed by atoms with Crippen LogP contribution in [0.15, 0.2) is 59.1 Å². The van der Waals surface area contributed by atoms with Crippen molar-refractivity contribution in [3.05, 3.63) is 83.0 Å². The number of benzene rings is 2. The molecule has 0 unspecified atom stereocenters. The topological polar surface area (TPSA) is 59.2 Å². The number of nitrogens with zero attached hydrogens (tertiary/aromatic N) is 3. The quantitative estimate of drug-likeness (QED) is 0.585. The molecule has 3 rings (SSSR count). The van der Waals surface area contributed by atoms with Gasteiger partial charge in [0.25, 0.3) is 0 Å². The van der Waals surface area contributed by atoms with Crippen LogP contribution in [0, 0.1) is 0 Å². The molecule has 0 N–H and O–H groups in total. The molecule has 0 aliphatic rings. The minimum Gasteiger partial charge on any atom is -0.339 e. The summed E-state index contributed by atoms with van der Waals surface area (Å²) in [5.74, 6) is 1.45. The summed E-state index contributed by atoms with van der Waals surface area (Å²) in [5.41, 5.74) is 3.52. The zero-order chi connectivity index (χ0) is 19.9. The Morgan fingerprint density at radius 2 is 1.82 bits per heavy atom. The molecule has 1 aromatic heterocycles. The van der Waals surface area contributed by atoms with Crippen molar-refractivity contribution >= 4 is 5.91 Å². The maximum absolute atomic E-state index is 12.6. The fourth-order valence-corrected chi connectivity index (χ4v) is 3.10. The van der Waals surface area contributed by atoms with Crippen LogP contribution < -0.4 is 0 Å². The van der Waals surface area contributed by atoms with Gasteiger partial charge < -0.3 is 9.42 Å². The summed E-state index contributed by atoms with van der Waals surface area (Å²) >= 11 is 0. The minimum absolute atomic E-state index is 0.000471. The second-order valence-corrected chi connectivity index (χ2v) is 7.25. The molecule has 0 saturated heterocycles. The highest BCUT2D eigenvalue weighted by molar-refractivity contribution is 5.77. The second-order valence-electron chi connectivity index (χ2n) is 7.25. The standard InChI is InChI=1S/C23H27N3O2/c1-4-26(16-18-9-6-5-7-10-18)23(27)15-21-24-22(28-25-21)14-19-11-8-12-20(13-19)17(2)3/h5-13,17H,4,14-16H2,1-3H3. The van der Waals surface area contributed by atoms with Gasteiger partial charge in [0.1, 0.15) is 0 Å². The van der Waals surface area contributed by atoms with E-state index in [2.05, 4.69) is 42.2 Å². The van der Waals surface area contributed by atoms with Crippen molar-refractivity contribution < 1.29 is 9.32 Å². The van der Waals surface area contributed by atoms with Crippen molar-refractivity contribution in [3.63, 3.8) is 0 Å². The third kappa shape index (κ3) is 5.28. The Balaban J connectivity index is 1.62. The van der Waals surface area contributed by atoms with E-state index in [1.807, 2.05) is 43.3 Å². The molecule has 0 fully saturated rings. The van der Waals surface area contributed by atoms with Crippen molar-refractivity contribution in [1.82, 2.24) is 15.0 Å². The van der Waals surface area contributed by atoms with Crippen LogP contribution in [0.5, 0.6) is 0 Å². The van der Waals surface area contributed by atoms with Crippen molar-refractivity contribution in [1.29, 1.82) is 0 Å². The van der Waals surface area contributed by atoms with Crippen LogP contribution in [-0.2, 0) is 24.2 Å². The van der Waals surface area contributed by atoms with Gasteiger partial charge in [-0.3, -0.25) is 4.79 Å². The highest BCUT2D eigenvalue weighted by Gasteiger charge is 2.17. The molecule has 0 atom stereocenters. The second kappa shape index (κ2) is 9.31. The summed E-state index contributed by atoms with van der Waals surface area (Å²) in [6.07, 6.45) is 0.722. The Morgan fingerprint density at radius 1 is 1.07 bits per heavy atom. The molecule has 0 bridgehead atoms. The maximum Gasteiger partial charge on any atom is 0.231 e. The number of carbonyl (C=O) groups excluding carboxylic acids is 1. The lowest BCUT2D eigenvalue weighted by molar-refractivity contribution is -0.131.